The van der Waals surface area contributed by atoms with Gasteiger partial charge in [-0.15, -0.1) is 11.3 Å². The highest BCUT2D eigenvalue weighted by atomic mass is 32.1. The topological polar surface area (TPSA) is 53.4 Å². The van der Waals surface area contributed by atoms with Gasteiger partial charge in [0, 0.05) is 18.7 Å². The largest absolute Gasteiger partial charge is 0.388 e. The van der Waals surface area contributed by atoms with Gasteiger partial charge in [0.25, 0.3) is 5.91 Å². The maximum Gasteiger partial charge on any atom is 0.265 e. The lowest BCUT2D eigenvalue weighted by molar-refractivity contribution is 0.0574. The van der Waals surface area contributed by atoms with E-state index < -0.39 is 5.60 Å². The van der Waals surface area contributed by atoms with Crippen molar-refractivity contribution in [1.29, 1.82) is 0 Å². The van der Waals surface area contributed by atoms with Gasteiger partial charge in [-0.05, 0) is 31.4 Å². The van der Waals surface area contributed by atoms with Crippen molar-refractivity contribution >= 4 is 17.2 Å². The Kier molecular flexibility index (Phi) is 3.97. The SMILES string of the molecule is CC1(O)CCN(C(=O)c2cnc(C#Cc3ccccc3)s2)C1. The Labute approximate surface area is 133 Å². The summed E-state index contributed by atoms with van der Waals surface area (Å²) in [5.74, 6) is 5.93. The Balaban J connectivity index is 1.72. The van der Waals surface area contributed by atoms with Crippen LogP contribution < -0.4 is 0 Å². The molecule has 22 heavy (non-hydrogen) atoms. The van der Waals surface area contributed by atoms with Crippen molar-refractivity contribution in [1.82, 2.24) is 9.88 Å². The van der Waals surface area contributed by atoms with E-state index in [0.29, 0.717) is 29.4 Å². The number of carbonyl (C=O) groups is 1. The van der Waals surface area contributed by atoms with Crippen LogP contribution in [-0.4, -0.2) is 39.6 Å². The highest BCUT2D eigenvalue weighted by molar-refractivity contribution is 7.14. The van der Waals surface area contributed by atoms with E-state index in [-0.39, 0.29) is 5.91 Å². The first-order valence-electron chi connectivity index (χ1n) is 7.08. The molecule has 1 aromatic carbocycles. The van der Waals surface area contributed by atoms with Gasteiger partial charge in [0.15, 0.2) is 5.01 Å². The van der Waals surface area contributed by atoms with Crippen molar-refractivity contribution < 1.29 is 9.90 Å². The average molecular weight is 312 g/mol. The number of β-amino-alcohol motifs (C(OH)–C–C–N with tert-alkyl or cyclic N) is 1. The van der Waals surface area contributed by atoms with Gasteiger partial charge in [0.05, 0.1) is 11.8 Å². The number of rotatable bonds is 1. The molecule has 1 amide bonds. The van der Waals surface area contributed by atoms with Gasteiger partial charge < -0.3 is 10.0 Å². The minimum Gasteiger partial charge on any atom is -0.388 e. The molecule has 0 spiro atoms. The molecule has 3 rings (SSSR count). The molecule has 112 valence electrons. The molecule has 0 aliphatic carbocycles. The predicted molar refractivity (Wildman–Crippen MR) is 85.7 cm³/mol. The van der Waals surface area contributed by atoms with E-state index in [4.69, 9.17) is 0 Å². The number of aliphatic hydroxyl groups is 1. The second-order valence-electron chi connectivity index (χ2n) is 5.62. The van der Waals surface area contributed by atoms with Crippen LogP contribution in [0.3, 0.4) is 0 Å². The Morgan fingerprint density at radius 2 is 2.14 bits per heavy atom. The molecule has 1 fully saturated rings. The number of hydrogen-bond donors (Lipinski definition) is 1. The van der Waals surface area contributed by atoms with Crippen molar-refractivity contribution in [2.75, 3.05) is 13.1 Å². The summed E-state index contributed by atoms with van der Waals surface area (Å²) in [4.78, 5) is 18.8. The molecule has 2 aromatic rings. The van der Waals surface area contributed by atoms with E-state index in [0.717, 1.165) is 5.56 Å². The van der Waals surface area contributed by atoms with Crippen LogP contribution in [0.2, 0.25) is 0 Å². The second kappa shape index (κ2) is 5.91. The van der Waals surface area contributed by atoms with Crippen LogP contribution >= 0.6 is 11.3 Å². The van der Waals surface area contributed by atoms with Crippen LogP contribution in [0.15, 0.2) is 36.5 Å². The number of benzene rings is 1. The van der Waals surface area contributed by atoms with Gasteiger partial charge in [-0.3, -0.25) is 4.79 Å². The number of thiazole rings is 1. The number of amides is 1. The maximum atomic E-state index is 12.4. The summed E-state index contributed by atoms with van der Waals surface area (Å²) in [7, 11) is 0. The molecule has 1 aliphatic rings. The fraction of sp³-hybridized carbons (Fsp3) is 0.294. The van der Waals surface area contributed by atoms with Crippen molar-refractivity contribution in [3.8, 4) is 11.8 Å². The Bertz CT molecular complexity index is 741. The molecular formula is C17H16N2O2S. The minimum atomic E-state index is -0.781. The number of nitrogens with zero attached hydrogens (tertiary/aromatic N) is 2. The molecule has 1 N–H and O–H groups in total. The maximum absolute atomic E-state index is 12.4. The van der Waals surface area contributed by atoms with E-state index in [1.54, 1.807) is 18.0 Å². The van der Waals surface area contributed by atoms with Gasteiger partial charge in [-0.1, -0.05) is 24.1 Å². The zero-order chi connectivity index (χ0) is 15.6. The quantitative estimate of drug-likeness (QED) is 0.821. The molecule has 5 heteroatoms. The summed E-state index contributed by atoms with van der Waals surface area (Å²) in [5.41, 5.74) is 0.136. The third-order valence-corrected chi connectivity index (χ3v) is 4.44. The van der Waals surface area contributed by atoms with Gasteiger partial charge in [-0.25, -0.2) is 4.98 Å². The molecule has 1 unspecified atom stereocenters. The Morgan fingerprint density at radius 1 is 1.36 bits per heavy atom. The summed E-state index contributed by atoms with van der Waals surface area (Å²) >= 11 is 1.29. The number of likely N-dealkylation sites (tertiary alicyclic amines) is 1. The van der Waals surface area contributed by atoms with E-state index in [2.05, 4.69) is 16.8 Å². The zero-order valence-electron chi connectivity index (χ0n) is 12.2. The van der Waals surface area contributed by atoms with Crippen molar-refractivity contribution in [3.63, 3.8) is 0 Å². The average Bonchev–Trinajstić information content (AvgIpc) is 3.12. The first-order chi connectivity index (χ1) is 10.5. The zero-order valence-corrected chi connectivity index (χ0v) is 13.1. The van der Waals surface area contributed by atoms with Crippen LogP contribution in [0.5, 0.6) is 0 Å². The van der Waals surface area contributed by atoms with Crippen LogP contribution in [0.25, 0.3) is 0 Å². The van der Waals surface area contributed by atoms with E-state index >= 15 is 0 Å². The van der Waals surface area contributed by atoms with Crippen LogP contribution in [0, 0.1) is 11.8 Å². The summed E-state index contributed by atoms with van der Waals surface area (Å²) in [6.07, 6.45) is 2.17. The lowest BCUT2D eigenvalue weighted by atomic mass is 10.1. The number of aromatic nitrogens is 1. The standard InChI is InChI=1S/C17H16N2O2S/c1-17(21)9-10-19(12-17)16(20)14-11-18-15(22-14)8-7-13-5-3-2-4-6-13/h2-6,11,21H,9-10,12H2,1H3. The van der Waals surface area contributed by atoms with Crippen molar-refractivity contribution in [2.24, 2.45) is 0 Å². The first kappa shape index (κ1) is 14.8. The molecule has 2 heterocycles. The van der Waals surface area contributed by atoms with Gasteiger partial charge >= 0.3 is 0 Å². The molecular weight excluding hydrogens is 296 g/mol. The molecule has 4 nitrogen and oxygen atoms in total. The van der Waals surface area contributed by atoms with E-state index in [9.17, 15) is 9.90 Å². The molecule has 1 saturated heterocycles. The highest BCUT2D eigenvalue weighted by Gasteiger charge is 2.34. The van der Waals surface area contributed by atoms with Crippen LogP contribution in [-0.2, 0) is 0 Å². The molecule has 1 aromatic heterocycles. The minimum absolute atomic E-state index is 0.0805. The predicted octanol–water partition coefficient (Wildman–Crippen LogP) is 2.14. The first-order valence-corrected chi connectivity index (χ1v) is 7.90. The summed E-state index contributed by atoms with van der Waals surface area (Å²) in [5, 5.41) is 10.6. The van der Waals surface area contributed by atoms with E-state index in [1.807, 2.05) is 30.3 Å². The van der Waals surface area contributed by atoms with Gasteiger partial charge in [-0.2, -0.15) is 0 Å². The van der Waals surface area contributed by atoms with Crippen molar-refractivity contribution in [3.05, 3.63) is 52.0 Å². The second-order valence-corrected chi connectivity index (χ2v) is 6.65. The van der Waals surface area contributed by atoms with Crippen molar-refractivity contribution in [2.45, 2.75) is 18.9 Å². The summed E-state index contributed by atoms with van der Waals surface area (Å²) in [6, 6.07) is 9.66. The molecule has 0 saturated carbocycles. The smallest absolute Gasteiger partial charge is 0.265 e. The van der Waals surface area contributed by atoms with Gasteiger partial charge in [0.1, 0.15) is 4.88 Å². The number of hydrogen-bond acceptors (Lipinski definition) is 4. The monoisotopic (exact) mass is 312 g/mol. The highest BCUT2D eigenvalue weighted by Crippen LogP contribution is 2.23. The molecule has 1 aliphatic heterocycles. The fourth-order valence-corrected chi connectivity index (χ4v) is 3.09. The normalized spacial score (nSPS) is 20.5. The molecule has 1 atom stereocenters. The molecule has 0 bridgehead atoms. The number of carbonyl (C=O) groups excluding carboxylic acids is 1. The Hall–Kier alpha value is -2.16. The Morgan fingerprint density at radius 3 is 2.82 bits per heavy atom. The lowest BCUT2D eigenvalue weighted by Crippen LogP contribution is -2.33. The summed E-state index contributed by atoms with van der Waals surface area (Å²) in [6.45, 7) is 2.70. The summed E-state index contributed by atoms with van der Waals surface area (Å²) < 4.78 is 0. The third-order valence-electron chi connectivity index (χ3n) is 3.54. The lowest BCUT2D eigenvalue weighted by Gasteiger charge is -2.17. The third kappa shape index (κ3) is 3.35. The van der Waals surface area contributed by atoms with E-state index in [1.165, 1.54) is 11.3 Å². The van der Waals surface area contributed by atoms with Crippen LogP contribution in [0.4, 0.5) is 0 Å². The fourth-order valence-electron chi connectivity index (χ4n) is 2.35. The van der Waals surface area contributed by atoms with Gasteiger partial charge in [0.2, 0.25) is 0 Å². The van der Waals surface area contributed by atoms with Crippen LogP contribution in [0.1, 0.15) is 33.6 Å². The molecule has 0 radical (unpaired) electrons.